The molecule has 0 heterocycles. The van der Waals surface area contributed by atoms with E-state index >= 15 is 0 Å². The van der Waals surface area contributed by atoms with Crippen molar-refractivity contribution >= 4 is 11.9 Å². The number of nitrogens with one attached hydrogen (secondary N) is 1. The van der Waals surface area contributed by atoms with E-state index in [2.05, 4.69) is 19.2 Å². The lowest BCUT2D eigenvalue weighted by Gasteiger charge is -2.22. The summed E-state index contributed by atoms with van der Waals surface area (Å²) >= 11 is 0. The van der Waals surface area contributed by atoms with Gasteiger partial charge in [0.2, 0.25) is 5.91 Å². The highest BCUT2D eigenvalue weighted by molar-refractivity contribution is 5.76. The molecule has 6 heteroatoms. The third-order valence-corrected chi connectivity index (χ3v) is 12.9. The molecule has 0 aliphatic rings. The van der Waals surface area contributed by atoms with Crippen LogP contribution in [0.3, 0.4) is 0 Å². The fourth-order valence-corrected chi connectivity index (χ4v) is 8.70. The number of carbonyl (C=O) groups excluding carboxylic acids is 2. The van der Waals surface area contributed by atoms with E-state index < -0.39 is 12.1 Å². The summed E-state index contributed by atoms with van der Waals surface area (Å²) in [6, 6.07) is -0.542. The van der Waals surface area contributed by atoms with Gasteiger partial charge in [-0.2, -0.15) is 0 Å². The second-order valence-electron chi connectivity index (χ2n) is 18.9. The van der Waals surface area contributed by atoms with Gasteiger partial charge in [0.1, 0.15) is 0 Å². The lowest BCUT2D eigenvalue weighted by molar-refractivity contribution is -0.143. The van der Waals surface area contributed by atoms with Gasteiger partial charge in [-0.1, -0.05) is 271 Å². The first kappa shape index (κ1) is 58.9. The van der Waals surface area contributed by atoms with E-state index in [0.29, 0.717) is 25.9 Å². The van der Waals surface area contributed by atoms with E-state index in [9.17, 15) is 19.8 Å². The minimum Gasteiger partial charge on any atom is -0.466 e. The Bertz CT molecular complexity index is 852. The van der Waals surface area contributed by atoms with Crippen molar-refractivity contribution in [2.75, 3.05) is 13.2 Å². The van der Waals surface area contributed by atoms with Gasteiger partial charge in [0, 0.05) is 12.8 Å². The Balaban J connectivity index is 3.37. The van der Waals surface area contributed by atoms with Crippen molar-refractivity contribution in [3.05, 3.63) is 0 Å². The van der Waals surface area contributed by atoms with E-state index in [4.69, 9.17) is 4.74 Å². The summed E-state index contributed by atoms with van der Waals surface area (Å²) in [6.45, 7) is 4.95. The summed E-state index contributed by atoms with van der Waals surface area (Å²) in [7, 11) is 0. The van der Waals surface area contributed by atoms with Crippen molar-refractivity contribution in [1.29, 1.82) is 0 Å². The van der Waals surface area contributed by atoms with Crippen molar-refractivity contribution in [1.82, 2.24) is 5.32 Å². The van der Waals surface area contributed by atoms with Crippen molar-refractivity contribution < 1.29 is 24.5 Å². The molecule has 2 unspecified atom stereocenters. The topological polar surface area (TPSA) is 95.9 Å². The van der Waals surface area contributed by atoms with Gasteiger partial charge in [-0.05, 0) is 25.7 Å². The molecule has 1 amide bonds. The maximum absolute atomic E-state index is 12.4. The monoisotopic (exact) mass is 850 g/mol. The van der Waals surface area contributed by atoms with Crippen LogP contribution in [0.15, 0.2) is 0 Å². The van der Waals surface area contributed by atoms with Crippen LogP contribution in [0.4, 0.5) is 0 Å². The van der Waals surface area contributed by atoms with E-state index in [1.54, 1.807) is 0 Å². The summed E-state index contributed by atoms with van der Waals surface area (Å²) < 4.78 is 5.48. The lowest BCUT2D eigenvalue weighted by Crippen LogP contribution is -2.45. The molecule has 0 fully saturated rings. The number of unbranched alkanes of at least 4 members (excludes halogenated alkanes) is 40. The molecule has 3 N–H and O–H groups in total. The highest BCUT2D eigenvalue weighted by Crippen LogP contribution is 2.17. The minimum absolute atomic E-state index is 0.00877. The van der Waals surface area contributed by atoms with Gasteiger partial charge in [-0.25, -0.2) is 0 Å². The minimum atomic E-state index is -0.665. The number of aliphatic hydroxyl groups excluding tert-OH is 2. The van der Waals surface area contributed by atoms with E-state index in [1.165, 1.54) is 238 Å². The molecule has 0 spiro atoms. The highest BCUT2D eigenvalue weighted by Gasteiger charge is 2.20. The molecule has 0 saturated carbocycles. The maximum Gasteiger partial charge on any atom is 0.305 e. The first-order valence-corrected chi connectivity index (χ1v) is 27.3. The fourth-order valence-electron chi connectivity index (χ4n) is 8.70. The number of esters is 1. The normalized spacial score (nSPS) is 12.5. The Morgan fingerprint density at radius 3 is 1.02 bits per heavy atom. The predicted octanol–water partition coefficient (Wildman–Crippen LogP) is 16.4. The van der Waals surface area contributed by atoms with Crippen LogP contribution in [-0.2, 0) is 14.3 Å². The Hall–Kier alpha value is -1.14. The third-order valence-electron chi connectivity index (χ3n) is 12.9. The Morgan fingerprint density at radius 1 is 0.400 bits per heavy atom. The SMILES string of the molecule is CCCCCCCCCCCCCCCCCC(=O)OCCCCCCCCCCCCCCCCCCCC(=O)NC(CO)C(O)CCCCCCCCCCCCC. The van der Waals surface area contributed by atoms with Crippen LogP contribution < -0.4 is 5.32 Å². The van der Waals surface area contributed by atoms with E-state index in [0.717, 1.165) is 38.5 Å². The van der Waals surface area contributed by atoms with Crippen LogP contribution in [0.2, 0.25) is 0 Å². The first-order valence-electron chi connectivity index (χ1n) is 27.3. The predicted molar refractivity (Wildman–Crippen MR) is 260 cm³/mol. The van der Waals surface area contributed by atoms with Gasteiger partial charge in [0.25, 0.3) is 0 Å². The molecule has 0 aromatic heterocycles. The van der Waals surface area contributed by atoms with Gasteiger partial charge in [0.15, 0.2) is 0 Å². The largest absolute Gasteiger partial charge is 0.466 e. The molecule has 0 aliphatic heterocycles. The van der Waals surface area contributed by atoms with Crippen LogP contribution in [0, 0.1) is 0 Å². The van der Waals surface area contributed by atoms with Gasteiger partial charge in [-0.3, -0.25) is 9.59 Å². The molecular formula is C54H107NO5. The molecule has 0 radical (unpaired) electrons. The molecule has 0 aromatic rings. The average Bonchev–Trinajstić information content (AvgIpc) is 3.25. The van der Waals surface area contributed by atoms with Crippen molar-refractivity contribution in [3.8, 4) is 0 Å². The molecule has 0 aromatic carbocycles. The van der Waals surface area contributed by atoms with Crippen LogP contribution in [0.5, 0.6) is 0 Å². The number of rotatable bonds is 51. The Kier molecular flexibility index (Phi) is 49.5. The average molecular weight is 850 g/mol. The zero-order valence-electron chi connectivity index (χ0n) is 40.7. The maximum atomic E-state index is 12.4. The van der Waals surface area contributed by atoms with Gasteiger partial charge < -0.3 is 20.3 Å². The summed E-state index contributed by atoms with van der Waals surface area (Å²) in [5.41, 5.74) is 0. The zero-order chi connectivity index (χ0) is 43.7. The molecule has 0 saturated heterocycles. The van der Waals surface area contributed by atoms with Crippen LogP contribution in [0.25, 0.3) is 0 Å². The molecule has 60 heavy (non-hydrogen) atoms. The molecule has 0 bridgehead atoms. The molecular weight excluding hydrogens is 743 g/mol. The molecule has 358 valence electrons. The second-order valence-corrected chi connectivity index (χ2v) is 18.9. The number of aliphatic hydroxyl groups is 2. The summed E-state index contributed by atoms with van der Waals surface area (Å²) in [4.78, 5) is 24.5. The Morgan fingerprint density at radius 2 is 0.683 bits per heavy atom. The number of hydrogen-bond acceptors (Lipinski definition) is 5. The lowest BCUT2D eigenvalue weighted by atomic mass is 10.0. The second kappa shape index (κ2) is 50.5. The van der Waals surface area contributed by atoms with Crippen molar-refractivity contribution in [2.45, 2.75) is 321 Å². The van der Waals surface area contributed by atoms with Crippen LogP contribution in [0.1, 0.15) is 309 Å². The number of carbonyl (C=O) groups is 2. The number of amides is 1. The summed E-state index contributed by atoms with van der Waals surface area (Å²) in [5.74, 6) is -0.0310. The molecule has 0 rings (SSSR count). The summed E-state index contributed by atoms with van der Waals surface area (Å²) in [5, 5.41) is 23.1. The van der Waals surface area contributed by atoms with Gasteiger partial charge in [0.05, 0.1) is 25.4 Å². The fraction of sp³-hybridized carbons (Fsp3) is 0.963. The molecule has 6 nitrogen and oxygen atoms in total. The molecule has 2 atom stereocenters. The standard InChI is InChI=1S/C54H107NO5/c1-3-5-7-9-11-13-15-16-20-24-28-32-36-40-44-48-54(59)60-49-45-41-37-33-29-25-22-19-17-18-21-23-27-31-35-39-43-47-53(58)55-51(50-56)52(57)46-42-38-34-30-26-14-12-10-8-6-4-2/h51-52,56-57H,3-50H2,1-2H3,(H,55,58). The van der Waals surface area contributed by atoms with Gasteiger partial charge >= 0.3 is 5.97 Å². The van der Waals surface area contributed by atoms with Crippen molar-refractivity contribution in [3.63, 3.8) is 0 Å². The highest BCUT2D eigenvalue weighted by atomic mass is 16.5. The zero-order valence-corrected chi connectivity index (χ0v) is 40.7. The van der Waals surface area contributed by atoms with E-state index in [1.807, 2.05) is 0 Å². The Labute approximate surface area is 375 Å². The first-order chi connectivity index (χ1) is 29.5. The smallest absolute Gasteiger partial charge is 0.305 e. The quantitative estimate of drug-likeness (QED) is 0.0418. The number of hydrogen-bond donors (Lipinski definition) is 3. The van der Waals surface area contributed by atoms with Crippen LogP contribution in [-0.4, -0.2) is 47.4 Å². The van der Waals surface area contributed by atoms with Crippen LogP contribution >= 0.6 is 0 Å². The van der Waals surface area contributed by atoms with E-state index in [-0.39, 0.29) is 18.5 Å². The van der Waals surface area contributed by atoms with Gasteiger partial charge in [-0.15, -0.1) is 0 Å². The molecule has 0 aliphatic carbocycles. The third kappa shape index (κ3) is 46.4. The van der Waals surface area contributed by atoms with Crippen molar-refractivity contribution in [2.24, 2.45) is 0 Å². The summed E-state index contributed by atoms with van der Waals surface area (Å²) in [6.07, 6.45) is 56.5. The number of ether oxygens (including phenoxy) is 1.